The highest BCUT2D eigenvalue weighted by atomic mass is 19.1. The quantitative estimate of drug-likeness (QED) is 0.755. The second kappa shape index (κ2) is 5.75. The van der Waals surface area contributed by atoms with E-state index in [1.807, 2.05) is 13.8 Å². The van der Waals surface area contributed by atoms with Crippen LogP contribution in [0.3, 0.4) is 0 Å². The van der Waals surface area contributed by atoms with Gasteiger partial charge in [-0.05, 0) is 37.6 Å². The average molecular weight is 225 g/mol. The van der Waals surface area contributed by atoms with Crippen molar-refractivity contribution in [1.29, 1.82) is 0 Å². The Morgan fingerprint density at radius 2 is 1.88 bits per heavy atom. The molecule has 1 nitrogen and oxygen atoms in total. The minimum atomic E-state index is -0.556. The lowest BCUT2D eigenvalue weighted by Crippen LogP contribution is -2.23. The van der Waals surface area contributed by atoms with Crippen LogP contribution < -0.4 is 5.32 Å². The molecular weight excluding hydrogens is 208 g/mol. The van der Waals surface area contributed by atoms with Crippen LogP contribution in [0.25, 0.3) is 0 Å². The lowest BCUT2D eigenvalue weighted by molar-refractivity contribution is 0.555. The first-order valence-electron chi connectivity index (χ1n) is 5.39. The van der Waals surface area contributed by atoms with Gasteiger partial charge in [-0.2, -0.15) is 0 Å². The molecule has 3 heteroatoms. The smallest absolute Gasteiger partial charge is 0.126 e. The van der Waals surface area contributed by atoms with Crippen LogP contribution in [-0.2, 0) is 0 Å². The number of rotatable bonds is 5. The first-order chi connectivity index (χ1) is 7.54. The van der Waals surface area contributed by atoms with E-state index in [1.54, 1.807) is 0 Å². The van der Waals surface area contributed by atoms with Gasteiger partial charge in [0.1, 0.15) is 11.6 Å². The third kappa shape index (κ3) is 3.42. The molecule has 0 aliphatic carbocycles. The topological polar surface area (TPSA) is 12.0 Å². The second-order valence-corrected chi connectivity index (χ2v) is 3.94. The Balaban J connectivity index is 2.96. The molecule has 16 heavy (non-hydrogen) atoms. The molecule has 0 radical (unpaired) electrons. The third-order valence-corrected chi connectivity index (χ3v) is 2.31. The fourth-order valence-corrected chi connectivity index (χ4v) is 1.61. The summed E-state index contributed by atoms with van der Waals surface area (Å²) in [6.07, 6.45) is 0.960. The predicted octanol–water partition coefficient (Wildman–Crippen LogP) is 3.58. The van der Waals surface area contributed by atoms with Crippen molar-refractivity contribution in [3.05, 3.63) is 47.5 Å². The van der Waals surface area contributed by atoms with E-state index < -0.39 is 11.6 Å². The van der Waals surface area contributed by atoms with E-state index in [-0.39, 0.29) is 6.04 Å². The van der Waals surface area contributed by atoms with Gasteiger partial charge >= 0.3 is 0 Å². The highest BCUT2D eigenvalue weighted by molar-refractivity contribution is 5.27. The van der Waals surface area contributed by atoms with Crippen molar-refractivity contribution in [3.8, 4) is 0 Å². The van der Waals surface area contributed by atoms with Crippen molar-refractivity contribution >= 4 is 0 Å². The van der Waals surface area contributed by atoms with Crippen LogP contribution in [0.4, 0.5) is 8.78 Å². The van der Waals surface area contributed by atoms with Gasteiger partial charge in [0.25, 0.3) is 0 Å². The van der Waals surface area contributed by atoms with E-state index in [4.69, 9.17) is 0 Å². The molecule has 0 spiro atoms. The van der Waals surface area contributed by atoms with E-state index >= 15 is 0 Å². The van der Waals surface area contributed by atoms with Crippen molar-refractivity contribution in [2.24, 2.45) is 0 Å². The van der Waals surface area contributed by atoms with Crippen molar-refractivity contribution < 1.29 is 8.78 Å². The van der Waals surface area contributed by atoms with Crippen LogP contribution in [0.15, 0.2) is 30.4 Å². The minimum absolute atomic E-state index is 0.190. The summed E-state index contributed by atoms with van der Waals surface area (Å²) >= 11 is 0. The molecule has 1 rings (SSSR count). The summed E-state index contributed by atoms with van der Waals surface area (Å²) in [6.45, 7) is 8.50. The molecule has 0 bridgehead atoms. The number of nitrogens with one attached hydrogen (secondary N) is 1. The van der Waals surface area contributed by atoms with Crippen LogP contribution >= 0.6 is 0 Å². The molecule has 1 aromatic rings. The highest BCUT2D eigenvalue weighted by Gasteiger charge is 2.13. The summed E-state index contributed by atoms with van der Waals surface area (Å²) in [6, 6.07) is 3.36. The fourth-order valence-electron chi connectivity index (χ4n) is 1.61. The maximum atomic E-state index is 13.1. The largest absolute Gasteiger partial charge is 0.307 e. The Morgan fingerprint density at radius 3 is 2.31 bits per heavy atom. The summed E-state index contributed by atoms with van der Waals surface area (Å²) in [5, 5.41) is 3.21. The minimum Gasteiger partial charge on any atom is -0.307 e. The zero-order chi connectivity index (χ0) is 12.1. The fraction of sp³-hybridized carbons (Fsp3) is 0.385. The molecule has 0 fully saturated rings. The summed E-state index contributed by atoms with van der Waals surface area (Å²) in [7, 11) is 0. The molecule has 0 aliphatic heterocycles. The first kappa shape index (κ1) is 12.8. The van der Waals surface area contributed by atoms with Gasteiger partial charge in [0.2, 0.25) is 0 Å². The Labute approximate surface area is 95.2 Å². The lowest BCUT2D eigenvalue weighted by atomic mass is 10.0. The lowest BCUT2D eigenvalue weighted by Gasteiger charge is -2.19. The van der Waals surface area contributed by atoms with E-state index in [2.05, 4.69) is 11.9 Å². The second-order valence-electron chi connectivity index (χ2n) is 3.94. The third-order valence-electron chi connectivity index (χ3n) is 2.31. The molecule has 1 aromatic carbocycles. The molecule has 0 amide bonds. The average Bonchev–Trinajstić information content (AvgIpc) is 2.16. The summed E-state index contributed by atoms with van der Waals surface area (Å²) in [4.78, 5) is 0. The molecular formula is C13H17F2N. The van der Waals surface area contributed by atoms with Gasteiger partial charge in [0, 0.05) is 6.07 Å². The Morgan fingerprint density at radius 1 is 1.31 bits per heavy atom. The monoisotopic (exact) mass is 225 g/mol. The molecule has 0 saturated heterocycles. The van der Waals surface area contributed by atoms with Crippen LogP contribution in [0.1, 0.15) is 31.9 Å². The van der Waals surface area contributed by atoms with E-state index in [0.717, 1.165) is 24.6 Å². The first-order valence-corrected chi connectivity index (χ1v) is 5.39. The van der Waals surface area contributed by atoms with E-state index in [1.165, 1.54) is 12.1 Å². The van der Waals surface area contributed by atoms with Crippen LogP contribution in [0, 0.1) is 11.6 Å². The van der Waals surface area contributed by atoms with Gasteiger partial charge in [0.05, 0.1) is 6.04 Å². The van der Waals surface area contributed by atoms with E-state index in [0.29, 0.717) is 5.56 Å². The van der Waals surface area contributed by atoms with Gasteiger partial charge in [-0.15, -0.1) is 0 Å². The van der Waals surface area contributed by atoms with Crippen molar-refractivity contribution in [2.75, 3.05) is 6.54 Å². The summed E-state index contributed by atoms with van der Waals surface area (Å²) in [5.41, 5.74) is 1.43. The van der Waals surface area contributed by atoms with Gasteiger partial charge in [0.15, 0.2) is 0 Å². The normalized spacial score (nSPS) is 12.5. The van der Waals surface area contributed by atoms with Crippen molar-refractivity contribution in [1.82, 2.24) is 5.32 Å². The predicted molar refractivity (Wildman–Crippen MR) is 62.2 cm³/mol. The Bertz CT molecular complexity index is 354. The van der Waals surface area contributed by atoms with E-state index in [9.17, 15) is 8.78 Å². The maximum Gasteiger partial charge on any atom is 0.126 e. The van der Waals surface area contributed by atoms with Gasteiger partial charge in [-0.25, -0.2) is 8.78 Å². The number of halogens is 2. The number of benzene rings is 1. The molecule has 0 aromatic heterocycles. The highest BCUT2D eigenvalue weighted by Crippen LogP contribution is 2.22. The van der Waals surface area contributed by atoms with Crippen molar-refractivity contribution in [2.45, 2.75) is 26.3 Å². The number of hydrogen-bond donors (Lipinski definition) is 1. The summed E-state index contributed by atoms with van der Waals surface area (Å²) < 4.78 is 26.2. The van der Waals surface area contributed by atoms with Crippen LogP contribution in [0.5, 0.6) is 0 Å². The molecule has 88 valence electrons. The molecule has 1 unspecified atom stereocenters. The molecule has 1 atom stereocenters. The van der Waals surface area contributed by atoms with Gasteiger partial charge in [-0.3, -0.25) is 0 Å². The summed E-state index contributed by atoms with van der Waals surface area (Å²) in [5.74, 6) is -1.11. The van der Waals surface area contributed by atoms with Crippen LogP contribution in [-0.4, -0.2) is 6.54 Å². The number of hydrogen-bond acceptors (Lipinski definition) is 1. The zero-order valence-electron chi connectivity index (χ0n) is 9.69. The van der Waals surface area contributed by atoms with Gasteiger partial charge in [-0.1, -0.05) is 19.1 Å². The molecule has 0 saturated carbocycles. The molecule has 0 aliphatic rings. The Hall–Kier alpha value is -1.22. The maximum absolute atomic E-state index is 13.1. The van der Waals surface area contributed by atoms with Crippen molar-refractivity contribution in [3.63, 3.8) is 0 Å². The standard InChI is InChI=1S/C13H17F2N/c1-4-5-16-13(9(2)3)10-6-11(14)8-12(15)7-10/h6-8,13,16H,2,4-5H2,1,3H3. The van der Waals surface area contributed by atoms with Crippen LogP contribution in [0.2, 0.25) is 0 Å². The molecule has 1 N–H and O–H groups in total. The Kier molecular flexibility index (Phi) is 4.62. The SMILES string of the molecule is C=C(C)C(NCCC)c1cc(F)cc(F)c1. The molecule has 0 heterocycles. The van der Waals surface area contributed by atoms with Gasteiger partial charge < -0.3 is 5.32 Å². The zero-order valence-corrected chi connectivity index (χ0v) is 9.69.